The van der Waals surface area contributed by atoms with Gasteiger partial charge in [-0.1, -0.05) is 72.9 Å². The summed E-state index contributed by atoms with van der Waals surface area (Å²) in [6, 6.07) is 12.4. The van der Waals surface area contributed by atoms with Gasteiger partial charge in [-0.25, -0.2) is 8.42 Å². The average Bonchev–Trinajstić information content (AvgIpc) is 2.97. The Hall–Kier alpha value is -2.99. The second-order valence-corrected chi connectivity index (χ2v) is 13.0. The van der Waals surface area contributed by atoms with Crippen LogP contribution in [0.4, 0.5) is 18.9 Å². The summed E-state index contributed by atoms with van der Waals surface area (Å²) < 4.78 is 69.5. The molecule has 0 spiro atoms. The van der Waals surface area contributed by atoms with E-state index in [9.17, 15) is 31.2 Å². The number of carbonyl (C=O) groups excluding carboxylic acids is 2. The molecule has 2 amide bonds. The van der Waals surface area contributed by atoms with Crippen LogP contribution in [-0.4, -0.2) is 43.8 Å². The number of alkyl halides is 3. The lowest BCUT2D eigenvalue weighted by Gasteiger charge is -2.34. The Balaban J connectivity index is 2.19. The van der Waals surface area contributed by atoms with Crippen LogP contribution in [0.3, 0.4) is 0 Å². The molecule has 238 valence electrons. The molecule has 3 aromatic carbocycles. The van der Waals surface area contributed by atoms with Gasteiger partial charge in [0.1, 0.15) is 12.6 Å². The van der Waals surface area contributed by atoms with E-state index in [0.717, 1.165) is 11.0 Å². The van der Waals surface area contributed by atoms with Gasteiger partial charge in [0.15, 0.2) is 0 Å². The lowest BCUT2D eigenvalue weighted by Crippen LogP contribution is -2.53. The van der Waals surface area contributed by atoms with Crippen molar-refractivity contribution >= 4 is 62.3 Å². The third-order valence-corrected chi connectivity index (χ3v) is 9.73. The highest BCUT2D eigenvalue weighted by molar-refractivity contribution is 7.92. The molecule has 14 heteroatoms. The molecule has 0 saturated carbocycles. The molecule has 0 radical (unpaired) electrons. The molecule has 0 aliphatic heterocycles. The lowest BCUT2D eigenvalue weighted by atomic mass is 10.1. The zero-order valence-electron chi connectivity index (χ0n) is 24.0. The van der Waals surface area contributed by atoms with Crippen molar-refractivity contribution in [2.24, 2.45) is 0 Å². The van der Waals surface area contributed by atoms with Crippen LogP contribution in [0.1, 0.15) is 44.7 Å². The van der Waals surface area contributed by atoms with Gasteiger partial charge in [0.05, 0.1) is 21.2 Å². The number of hydrogen-bond acceptors (Lipinski definition) is 4. The van der Waals surface area contributed by atoms with Crippen LogP contribution in [0.15, 0.2) is 71.6 Å². The number of hydrogen-bond donors (Lipinski definition) is 1. The maximum absolute atomic E-state index is 14.2. The Morgan fingerprint density at radius 2 is 1.50 bits per heavy atom. The molecule has 0 aromatic heterocycles. The number of benzene rings is 3. The number of amides is 2. The molecule has 0 heterocycles. The van der Waals surface area contributed by atoms with Crippen molar-refractivity contribution in [3.8, 4) is 0 Å². The highest BCUT2D eigenvalue weighted by atomic mass is 35.5. The highest BCUT2D eigenvalue weighted by Crippen LogP contribution is 2.37. The van der Waals surface area contributed by atoms with Gasteiger partial charge in [0.2, 0.25) is 11.8 Å². The number of nitrogens with zero attached hydrogens (tertiary/aromatic N) is 2. The van der Waals surface area contributed by atoms with Gasteiger partial charge < -0.3 is 10.2 Å². The van der Waals surface area contributed by atoms with Crippen LogP contribution < -0.4 is 9.62 Å². The van der Waals surface area contributed by atoms with Crippen molar-refractivity contribution < 1.29 is 31.2 Å². The first kappa shape index (κ1) is 35.5. The summed E-state index contributed by atoms with van der Waals surface area (Å²) >= 11 is 19.1. The van der Waals surface area contributed by atoms with Gasteiger partial charge >= 0.3 is 6.18 Å². The molecule has 0 aliphatic carbocycles. The summed E-state index contributed by atoms with van der Waals surface area (Å²) in [5, 5.41) is 2.88. The largest absolute Gasteiger partial charge is 0.416 e. The summed E-state index contributed by atoms with van der Waals surface area (Å²) in [7, 11) is -4.65. The van der Waals surface area contributed by atoms with Crippen LogP contribution in [0.25, 0.3) is 0 Å². The van der Waals surface area contributed by atoms with Crippen molar-refractivity contribution in [2.45, 2.75) is 63.3 Å². The normalized spacial score (nSPS) is 13.2. The Bertz CT molecular complexity index is 1570. The fraction of sp³-hybridized carbons (Fsp3) is 0.333. The molecule has 3 aromatic rings. The van der Waals surface area contributed by atoms with Crippen LogP contribution in [-0.2, 0) is 32.3 Å². The van der Waals surface area contributed by atoms with E-state index in [0.29, 0.717) is 28.4 Å². The van der Waals surface area contributed by atoms with Crippen molar-refractivity contribution in [3.63, 3.8) is 0 Å². The molecule has 3 rings (SSSR count). The predicted molar refractivity (Wildman–Crippen MR) is 166 cm³/mol. The molecule has 0 bridgehead atoms. The van der Waals surface area contributed by atoms with Crippen LogP contribution in [0, 0.1) is 0 Å². The second kappa shape index (κ2) is 14.9. The van der Waals surface area contributed by atoms with Gasteiger partial charge in [-0.2, -0.15) is 13.2 Å². The number of sulfonamides is 1. The minimum Gasteiger partial charge on any atom is -0.352 e. The van der Waals surface area contributed by atoms with Gasteiger partial charge in [-0.3, -0.25) is 13.9 Å². The van der Waals surface area contributed by atoms with Crippen molar-refractivity contribution in [1.29, 1.82) is 0 Å². The number of halogens is 6. The second-order valence-electron chi connectivity index (χ2n) is 9.95. The average molecular weight is 693 g/mol. The fourth-order valence-electron chi connectivity index (χ4n) is 4.33. The molecular weight excluding hydrogens is 662 g/mol. The van der Waals surface area contributed by atoms with E-state index < -0.39 is 51.9 Å². The van der Waals surface area contributed by atoms with E-state index in [-0.39, 0.29) is 39.0 Å². The van der Waals surface area contributed by atoms with Crippen molar-refractivity contribution in [1.82, 2.24) is 10.2 Å². The summed E-state index contributed by atoms with van der Waals surface area (Å²) in [6.45, 7) is 4.03. The molecule has 0 aliphatic rings. The predicted octanol–water partition coefficient (Wildman–Crippen LogP) is 7.58. The quantitative estimate of drug-likeness (QED) is 0.212. The lowest BCUT2D eigenvalue weighted by molar-refractivity contribution is -0.140. The molecule has 0 unspecified atom stereocenters. The Labute approximate surface area is 269 Å². The van der Waals surface area contributed by atoms with E-state index in [1.807, 2.05) is 6.92 Å². The Morgan fingerprint density at radius 1 is 0.886 bits per heavy atom. The van der Waals surface area contributed by atoms with Gasteiger partial charge in [0.25, 0.3) is 10.0 Å². The molecular formula is C30H31Cl3F3N3O4S. The summed E-state index contributed by atoms with van der Waals surface area (Å²) in [5.41, 5.74) is -1.43. The number of anilines is 1. The molecule has 7 nitrogen and oxygen atoms in total. The van der Waals surface area contributed by atoms with Gasteiger partial charge in [0, 0.05) is 28.2 Å². The zero-order valence-corrected chi connectivity index (χ0v) is 27.1. The van der Waals surface area contributed by atoms with E-state index in [4.69, 9.17) is 34.8 Å². The maximum atomic E-state index is 14.2. The third-order valence-electron chi connectivity index (χ3n) is 6.93. The Morgan fingerprint density at radius 3 is 2.05 bits per heavy atom. The Kier molecular flexibility index (Phi) is 12.0. The van der Waals surface area contributed by atoms with Gasteiger partial charge in [-0.05, 0) is 62.2 Å². The van der Waals surface area contributed by atoms with E-state index >= 15 is 0 Å². The number of rotatable bonds is 12. The van der Waals surface area contributed by atoms with E-state index in [1.165, 1.54) is 24.3 Å². The maximum Gasteiger partial charge on any atom is 0.416 e. The minimum atomic E-state index is -4.83. The molecule has 0 saturated heterocycles. The fourth-order valence-corrected chi connectivity index (χ4v) is 6.56. The van der Waals surface area contributed by atoms with Crippen LogP contribution in [0.2, 0.25) is 15.1 Å². The number of carbonyl (C=O) groups is 2. The van der Waals surface area contributed by atoms with E-state index in [2.05, 4.69) is 5.32 Å². The van der Waals surface area contributed by atoms with Crippen LogP contribution >= 0.6 is 34.8 Å². The molecule has 2 atom stereocenters. The summed E-state index contributed by atoms with van der Waals surface area (Å²) in [4.78, 5) is 28.4. The van der Waals surface area contributed by atoms with Gasteiger partial charge in [-0.15, -0.1) is 0 Å². The summed E-state index contributed by atoms with van der Waals surface area (Å²) in [5.74, 6) is -1.41. The topological polar surface area (TPSA) is 86.8 Å². The minimum absolute atomic E-state index is 0.117. The van der Waals surface area contributed by atoms with Crippen molar-refractivity contribution in [2.75, 3.05) is 10.8 Å². The standard InChI is InChI=1S/C30H31Cl3F3N3O4S/c1-4-19(3)37-29(41)26(5-2)38(17-22-23(31)12-9-13-24(22)32)28(40)18-39(44(42,43)21-10-7-6-8-11-21)27-16-20(30(34,35)36)14-15-25(27)33/h6-16,19,26H,4-5,17-18H2,1-3H3,(H,37,41)/t19-,26-/m1/s1. The SMILES string of the molecule is CC[C@@H](C)NC(=O)[C@@H](CC)N(Cc1c(Cl)cccc1Cl)C(=O)CN(c1cc(C(F)(F)F)ccc1Cl)S(=O)(=O)c1ccccc1. The number of nitrogens with one attached hydrogen (secondary N) is 1. The van der Waals surface area contributed by atoms with Crippen molar-refractivity contribution in [3.05, 3.63) is 92.9 Å². The van der Waals surface area contributed by atoms with E-state index in [1.54, 1.807) is 38.1 Å². The first-order valence-corrected chi connectivity index (χ1v) is 16.2. The first-order chi connectivity index (χ1) is 20.6. The summed E-state index contributed by atoms with van der Waals surface area (Å²) in [6.07, 6.45) is -4.12. The molecule has 1 N–H and O–H groups in total. The smallest absolute Gasteiger partial charge is 0.352 e. The zero-order chi connectivity index (χ0) is 32.8. The molecule has 44 heavy (non-hydrogen) atoms. The monoisotopic (exact) mass is 691 g/mol. The van der Waals surface area contributed by atoms with Crippen LogP contribution in [0.5, 0.6) is 0 Å². The third kappa shape index (κ3) is 8.38. The molecule has 0 fully saturated rings. The highest BCUT2D eigenvalue weighted by Gasteiger charge is 2.37. The first-order valence-electron chi connectivity index (χ1n) is 13.6.